The molecule has 0 atom stereocenters. The average Bonchev–Trinajstić information content (AvgIpc) is 3.08. The lowest BCUT2D eigenvalue weighted by Crippen LogP contribution is -2.48. The quantitative estimate of drug-likeness (QED) is 0.863. The third kappa shape index (κ3) is 3.92. The largest absolute Gasteiger partial charge is 0.378 e. The first-order valence-electron chi connectivity index (χ1n) is 7.93. The van der Waals surface area contributed by atoms with Gasteiger partial charge >= 0.3 is 0 Å². The molecule has 0 radical (unpaired) electrons. The van der Waals surface area contributed by atoms with Crippen molar-refractivity contribution in [2.75, 3.05) is 45.2 Å². The van der Waals surface area contributed by atoms with Gasteiger partial charge in [-0.3, -0.25) is 9.69 Å². The highest BCUT2D eigenvalue weighted by Gasteiger charge is 2.22. The number of rotatable bonds is 4. The molecule has 23 heavy (non-hydrogen) atoms. The van der Waals surface area contributed by atoms with E-state index in [-0.39, 0.29) is 5.91 Å². The standard InChI is InChI=1S/C18H23N3OS/c1-19(2)17-5-3-4-16(12-17)18(22)21-9-7-20(8-10-21)13-15-6-11-23-14-15/h3-6,11-12,14H,7-10,13H2,1-2H3. The Morgan fingerprint density at radius 1 is 1.17 bits per heavy atom. The molecule has 0 saturated carbocycles. The monoisotopic (exact) mass is 329 g/mol. The Balaban J connectivity index is 1.58. The number of anilines is 1. The minimum Gasteiger partial charge on any atom is -0.378 e. The predicted octanol–water partition coefficient (Wildman–Crippen LogP) is 2.77. The molecule has 3 rings (SSSR count). The molecule has 1 aliphatic rings. The summed E-state index contributed by atoms with van der Waals surface area (Å²) in [5, 5.41) is 4.32. The zero-order valence-corrected chi connectivity index (χ0v) is 14.6. The first kappa shape index (κ1) is 16.0. The number of thiophene rings is 1. The minimum absolute atomic E-state index is 0.142. The number of piperazine rings is 1. The van der Waals surface area contributed by atoms with Crippen molar-refractivity contribution in [1.82, 2.24) is 9.80 Å². The van der Waals surface area contributed by atoms with Crippen molar-refractivity contribution in [1.29, 1.82) is 0 Å². The molecule has 1 aromatic carbocycles. The summed E-state index contributed by atoms with van der Waals surface area (Å²) in [6, 6.07) is 10.0. The molecule has 1 aromatic heterocycles. The van der Waals surface area contributed by atoms with Gasteiger partial charge in [0.25, 0.3) is 5.91 Å². The van der Waals surface area contributed by atoms with Crippen molar-refractivity contribution in [2.24, 2.45) is 0 Å². The molecule has 0 bridgehead atoms. The van der Waals surface area contributed by atoms with E-state index in [1.54, 1.807) is 11.3 Å². The summed E-state index contributed by atoms with van der Waals surface area (Å²) in [5.41, 5.74) is 3.21. The Labute approximate surface area is 141 Å². The lowest BCUT2D eigenvalue weighted by atomic mass is 10.1. The van der Waals surface area contributed by atoms with E-state index in [1.165, 1.54) is 5.56 Å². The van der Waals surface area contributed by atoms with Crippen molar-refractivity contribution in [3.05, 3.63) is 52.2 Å². The van der Waals surface area contributed by atoms with Gasteiger partial charge in [-0.25, -0.2) is 0 Å². The second kappa shape index (κ2) is 7.15. The highest BCUT2D eigenvalue weighted by atomic mass is 32.1. The van der Waals surface area contributed by atoms with E-state index >= 15 is 0 Å². The van der Waals surface area contributed by atoms with Crippen molar-refractivity contribution >= 4 is 22.9 Å². The van der Waals surface area contributed by atoms with E-state index in [0.29, 0.717) is 0 Å². The number of carbonyl (C=O) groups is 1. The summed E-state index contributed by atoms with van der Waals surface area (Å²) in [7, 11) is 3.99. The smallest absolute Gasteiger partial charge is 0.254 e. The van der Waals surface area contributed by atoms with Crippen molar-refractivity contribution < 1.29 is 4.79 Å². The van der Waals surface area contributed by atoms with Gasteiger partial charge in [0.05, 0.1) is 0 Å². The Morgan fingerprint density at radius 3 is 2.61 bits per heavy atom. The lowest BCUT2D eigenvalue weighted by Gasteiger charge is -2.34. The van der Waals surface area contributed by atoms with E-state index in [4.69, 9.17) is 0 Å². The molecule has 5 heteroatoms. The van der Waals surface area contributed by atoms with Crippen LogP contribution < -0.4 is 4.90 Å². The molecule has 0 N–H and O–H groups in total. The zero-order chi connectivity index (χ0) is 16.2. The van der Waals surface area contributed by atoms with Crippen LogP contribution in [0.25, 0.3) is 0 Å². The van der Waals surface area contributed by atoms with Crippen molar-refractivity contribution in [2.45, 2.75) is 6.54 Å². The van der Waals surface area contributed by atoms with Crippen LogP contribution in [0.4, 0.5) is 5.69 Å². The highest BCUT2D eigenvalue weighted by Crippen LogP contribution is 2.17. The van der Waals surface area contributed by atoms with Crippen LogP contribution in [0.5, 0.6) is 0 Å². The number of amides is 1. The normalized spacial score (nSPS) is 15.7. The SMILES string of the molecule is CN(C)c1cccc(C(=O)N2CCN(Cc3ccsc3)CC2)c1. The van der Waals surface area contributed by atoms with Gasteiger partial charge in [-0.1, -0.05) is 6.07 Å². The molecule has 0 unspecified atom stereocenters. The van der Waals surface area contributed by atoms with E-state index < -0.39 is 0 Å². The molecule has 0 spiro atoms. The third-order valence-electron chi connectivity index (χ3n) is 4.26. The molecule has 1 fully saturated rings. The molecule has 0 aliphatic carbocycles. The fourth-order valence-electron chi connectivity index (χ4n) is 2.85. The number of hydrogen-bond acceptors (Lipinski definition) is 4. The molecule has 2 heterocycles. The first-order chi connectivity index (χ1) is 11.1. The van der Waals surface area contributed by atoms with Gasteiger partial charge < -0.3 is 9.80 Å². The first-order valence-corrected chi connectivity index (χ1v) is 8.88. The fourth-order valence-corrected chi connectivity index (χ4v) is 3.51. The molecule has 1 aliphatic heterocycles. The maximum atomic E-state index is 12.7. The molecular formula is C18H23N3OS. The number of nitrogens with zero attached hydrogens (tertiary/aromatic N) is 3. The van der Waals surface area contributed by atoms with Crippen LogP contribution in [-0.4, -0.2) is 56.0 Å². The summed E-state index contributed by atoms with van der Waals surface area (Å²) in [5.74, 6) is 0.142. The molecule has 2 aromatic rings. The van der Waals surface area contributed by atoms with Crippen LogP contribution >= 0.6 is 11.3 Å². The highest BCUT2D eigenvalue weighted by molar-refractivity contribution is 7.07. The average molecular weight is 329 g/mol. The topological polar surface area (TPSA) is 26.8 Å². The van der Waals surface area contributed by atoms with E-state index in [0.717, 1.165) is 44.0 Å². The second-order valence-electron chi connectivity index (χ2n) is 6.14. The van der Waals surface area contributed by atoms with Crippen LogP contribution in [0.15, 0.2) is 41.1 Å². The van der Waals surface area contributed by atoms with Crippen LogP contribution in [0.2, 0.25) is 0 Å². The van der Waals surface area contributed by atoms with Gasteiger partial charge in [0.1, 0.15) is 0 Å². The predicted molar refractivity (Wildman–Crippen MR) is 96.3 cm³/mol. The fraction of sp³-hybridized carbons (Fsp3) is 0.389. The summed E-state index contributed by atoms with van der Waals surface area (Å²) < 4.78 is 0. The number of carbonyl (C=O) groups excluding carboxylic acids is 1. The summed E-state index contributed by atoms with van der Waals surface area (Å²) >= 11 is 1.74. The van der Waals surface area contributed by atoms with Gasteiger partial charge in [-0.15, -0.1) is 0 Å². The van der Waals surface area contributed by atoms with Crippen molar-refractivity contribution in [3.8, 4) is 0 Å². The number of benzene rings is 1. The Bertz CT molecular complexity index is 646. The Morgan fingerprint density at radius 2 is 1.96 bits per heavy atom. The van der Waals surface area contributed by atoms with E-state index in [2.05, 4.69) is 21.7 Å². The van der Waals surface area contributed by atoms with Crippen LogP contribution in [0.1, 0.15) is 15.9 Å². The maximum Gasteiger partial charge on any atom is 0.254 e. The molecular weight excluding hydrogens is 306 g/mol. The summed E-state index contributed by atoms with van der Waals surface area (Å²) in [6.45, 7) is 4.47. The van der Waals surface area contributed by atoms with Gasteiger partial charge in [0.2, 0.25) is 0 Å². The summed E-state index contributed by atoms with van der Waals surface area (Å²) in [6.07, 6.45) is 0. The molecule has 122 valence electrons. The molecule has 1 saturated heterocycles. The van der Waals surface area contributed by atoms with Crippen LogP contribution in [-0.2, 0) is 6.54 Å². The van der Waals surface area contributed by atoms with Gasteiger partial charge in [0.15, 0.2) is 0 Å². The van der Waals surface area contributed by atoms with Gasteiger partial charge in [-0.2, -0.15) is 11.3 Å². The zero-order valence-electron chi connectivity index (χ0n) is 13.7. The molecule has 1 amide bonds. The second-order valence-corrected chi connectivity index (χ2v) is 6.92. The Kier molecular flexibility index (Phi) is 4.98. The summed E-state index contributed by atoms with van der Waals surface area (Å²) in [4.78, 5) is 19.1. The van der Waals surface area contributed by atoms with Crippen molar-refractivity contribution in [3.63, 3.8) is 0 Å². The number of hydrogen-bond donors (Lipinski definition) is 0. The van der Waals surface area contributed by atoms with E-state index in [1.807, 2.05) is 48.2 Å². The third-order valence-corrected chi connectivity index (χ3v) is 4.99. The maximum absolute atomic E-state index is 12.7. The lowest BCUT2D eigenvalue weighted by molar-refractivity contribution is 0.0628. The van der Waals surface area contributed by atoms with Gasteiger partial charge in [0, 0.05) is 58.1 Å². The van der Waals surface area contributed by atoms with E-state index in [9.17, 15) is 4.79 Å². The minimum atomic E-state index is 0.142. The Hall–Kier alpha value is -1.85. The van der Waals surface area contributed by atoms with Crippen LogP contribution in [0, 0.1) is 0 Å². The van der Waals surface area contributed by atoms with Crippen LogP contribution in [0.3, 0.4) is 0 Å². The molecule has 4 nitrogen and oxygen atoms in total. The van der Waals surface area contributed by atoms with Gasteiger partial charge in [-0.05, 0) is 40.6 Å².